The fourth-order valence-electron chi connectivity index (χ4n) is 2.64. The average molecular weight is 319 g/mol. The summed E-state index contributed by atoms with van der Waals surface area (Å²) in [4.78, 5) is 18.5. The number of thiophene rings is 1. The van der Waals surface area contributed by atoms with Crippen LogP contribution in [0.3, 0.4) is 0 Å². The summed E-state index contributed by atoms with van der Waals surface area (Å²) in [6, 6.07) is 15.5. The Bertz CT molecular complexity index is 1050. The van der Waals surface area contributed by atoms with E-state index in [0.29, 0.717) is 5.39 Å². The number of nitrogens with zero attached hydrogens (tertiary/aromatic N) is 2. The second-order valence-corrected chi connectivity index (χ2v) is 6.34. The highest BCUT2D eigenvalue weighted by atomic mass is 32.1. The zero-order valence-corrected chi connectivity index (χ0v) is 13.2. The van der Waals surface area contributed by atoms with Crippen LogP contribution in [-0.2, 0) is 0 Å². The molecule has 4 rings (SSSR count). The van der Waals surface area contributed by atoms with Gasteiger partial charge in [-0.05, 0) is 36.8 Å². The Morgan fingerprint density at radius 1 is 1.04 bits per heavy atom. The minimum Gasteiger partial charge on any atom is -0.267 e. The lowest BCUT2D eigenvalue weighted by atomic mass is 10.1. The molecule has 0 spiro atoms. The third kappa shape index (κ3) is 2.35. The predicted octanol–water partition coefficient (Wildman–Crippen LogP) is 4.02. The number of hydrogen-bond acceptors (Lipinski definition) is 4. The zero-order chi connectivity index (χ0) is 15.8. The lowest BCUT2D eigenvalue weighted by Gasteiger charge is -2.03. The van der Waals surface area contributed by atoms with Gasteiger partial charge in [0.25, 0.3) is 5.56 Å². The number of hydrogen-bond donors (Lipinski definition) is 1. The summed E-state index contributed by atoms with van der Waals surface area (Å²) in [5.41, 5.74) is 2.72. The van der Waals surface area contributed by atoms with Crippen molar-refractivity contribution in [1.82, 2.24) is 15.2 Å². The molecule has 3 heterocycles. The van der Waals surface area contributed by atoms with Gasteiger partial charge in [0.2, 0.25) is 0 Å². The highest BCUT2D eigenvalue weighted by Gasteiger charge is 2.15. The van der Waals surface area contributed by atoms with Crippen molar-refractivity contribution >= 4 is 22.1 Å². The fourth-order valence-corrected chi connectivity index (χ4v) is 3.79. The minimum atomic E-state index is -0.163. The maximum Gasteiger partial charge on any atom is 0.272 e. The molecule has 0 bridgehead atoms. The molecule has 0 saturated heterocycles. The first-order valence-electron chi connectivity index (χ1n) is 7.23. The van der Waals surface area contributed by atoms with Gasteiger partial charge in [0.05, 0.1) is 20.8 Å². The van der Waals surface area contributed by atoms with E-state index >= 15 is 0 Å². The van der Waals surface area contributed by atoms with Crippen LogP contribution in [0.2, 0.25) is 0 Å². The number of pyridine rings is 1. The van der Waals surface area contributed by atoms with Crippen molar-refractivity contribution < 1.29 is 0 Å². The highest BCUT2D eigenvalue weighted by Crippen LogP contribution is 2.38. The van der Waals surface area contributed by atoms with Gasteiger partial charge in [-0.2, -0.15) is 5.10 Å². The molecule has 0 fully saturated rings. The Hall–Kier alpha value is -2.79. The van der Waals surface area contributed by atoms with Crippen molar-refractivity contribution in [3.05, 3.63) is 70.6 Å². The maximum atomic E-state index is 11.9. The normalized spacial score (nSPS) is 11.0. The molecule has 112 valence electrons. The SMILES string of the molecule is Cc1cc(-c2ccccn2)sc1-c1n[nH]c(=O)c2ccccc12. The average Bonchev–Trinajstić information content (AvgIpc) is 2.98. The molecule has 4 nitrogen and oxygen atoms in total. The van der Waals surface area contributed by atoms with E-state index in [1.165, 1.54) is 0 Å². The standard InChI is InChI=1S/C18H13N3OS/c1-11-10-15(14-8-4-5-9-19-14)23-17(11)16-12-6-2-3-7-13(12)18(22)21-20-16/h2-10H,1H3,(H,21,22). The molecular formula is C18H13N3OS. The van der Waals surface area contributed by atoms with E-state index in [1.54, 1.807) is 17.5 Å². The molecule has 0 aliphatic carbocycles. The first kappa shape index (κ1) is 13.8. The molecule has 0 aliphatic heterocycles. The molecule has 0 radical (unpaired) electrons. The van der Waals surface area contributed by atoms with E-state index < -0.39 is 0 Å². The number of fused-ring (bicyclic) bond motifs is 1. The predicted molar refractivity (Wildman–Crippen MR) is 93.6 cm³/mol. The van der Waals surface area contributed by atoms with Crippen LogP contribution in [0.4, 0.5) is 0 Å². The molecule has 4 aromatic rings. The number of aromatic nitrogens is 3. The Kier molecular flexibility index (Phi) is 3.28. The Balaban J connectivity index is 1.94. The molecule has 1 N–H and O–H groups in total. The second-order valence-electron chi connectivity index (χ2n) is 5.28. The summed E-state index contributed by atoms with van der Waals surface area (Å²) >= 11 is 1.64. The van der Waals surface area contributed by atoms with Gasteiger partial charge in [0.1, 0.15) is 5.69 Å². The lowest BCUT2D eigenvalue weighted by Crippen LogP contribution is -2.09. The number of aryl methyl sites for hydroxylation is 1. The second kappa shape index (κ2) is 5.44. The van der Waals surface area contributed by atoms with Crippen LogP contribution in [0.1, 0.15) is 5.56 Å². The van der Waals surface area contributed by atoms with Gasteiger partial charge in [0, 0.05) is 11.6 Å². The molecule has 0 aliphatic rings. The summed E-state index contributed by atoms with van der Waals surface area (Å²) in [7, 11) is 0. The molecule has 0 saturated carbocycles. The third-order valence-corrected chi connectivity index (χ3v) is 5.01. The van der Waals surface area contributed by atoms with Gasteiger partial charge >= 0.3 is 0 Å². The van der Waals surface area contributed by atoms with E-state index in [-0.39, 0.29) is 5.56 Å². The van der Waals surface area contributed by atoms with Crippen molar-refractivity contribution in [1.29, 1.82) is 0 Å². The van der Waals surface area contributed by atoms with Crippen LogP contribution in [0.15, 0.2) is 59.5 Å². The van der Waals surface area contributed by atoms with Crippen LogP contribution in [-0.4, -0.2) is 15.2 Å². The molecule has 3 aromatic heterocycles. The van der Waals surface area contributed by atoms with Gasteiger partial charge in [0.15, 0.2) is 0 Å². The van der Waals surface area contributed by atoms with Crippen LogP contribution in [0.5, 0.6) is 0 Å². The molecular weight excluding hydrogens is 306 g/mol. The Morgan fingerprint density at radius 2 is 1.83 bits per heavy atom. The van der Waals surface area contributed by atoms with Crippen molar-refractivity contribution in [2.75, 3.05) is 0 Å². The first-order valence-corrected chi connectivity index (χ1v) is 8.05. The van der Waals surface area contributed by atoms with Crippen molar-refractivity contribution in [2.45, 2.75) is 6.92 Å². The number of H-pyrrole nitrogens is 1. The Morgan fingerprint density at radius 3 is 2.61 bits per heavy atom. The summed E-state index contributed by atoms with van der Waals surface area (Å²) in [5.74, 6) is 0. The zero-order valence-electron chi connectivity index (χ0n) is 12.4. The molecule has 5 heteroatoms. The third-order valence-electron chi connectivity index (χ3n) is 3.75. The van der Waals surface area contributed by atoms with Gasteiger partial charge < -0.3 is 0 Å². The van der Waals surface area contributed by atoms with E-state index in [2.05, 4.69) is 28.2 Å². The summed E-state index contributed by atoms with van der Waals surface area (Å²) in [6.45, 7) is 2.06. The van der Waals surface area contributed by atoms with E-state index in [1.807, 2.05) is 42.5 Å². The van der Waals surface area contributed by atoms with Gasteiger partial charge in [-0.1, -0.05) is 24.3 Å². The number of rotatable bonds is 2. The topological polar surface area (TPSA) is 58.6 Å². The van der Waals surface area contributed by atoms with Crippen LogP contribution < -0.4 is 5.56 Å². The first-order chi connectivity index (χ1) is 11.2. The van der Waals surface area contributed by atoms with Gasteiger partial charge in [-0.25, -0.2) is 5.10 Å². The molecule has 0 unspecified atom stereocenters. The van der Waals surface area contributed by atoms with Crippen LogP contribution >= 0.6 is 11.3 Å². The number of benzene rings is 1. The van der Waals surface area contributed by atoms with E-state index in [9.17, 15) is 4.79 Å². The molecule has 0 atom stereocenters. The smallest absolute Gasteiger partial charge is 0.267 e. The number of aromatic amines is 1. The van der Waals surface area contributed by atoms with Gasteiger partial charge in [-0.3, -0.25) is 9.78 Å². The monoisotopic (exact) mass is 319 g/mol. The largest absolute Gasteiger partial charge is 0.272 e. The minimum absolute atomic E-state index is 0.163. The molecule has 0 amide bonds. The maximum absolute atomic E-state index is 11.9. The van der Waals surface area contributed by atoms with Crippen molar-refractivity contribution in [2.24, 2.45) is 0 Å². The summed E-state index contributed by atoms with van der Waals surface area (Å²) < 4.78 is 0. The van der Waals surface area contributed by atoms with Gasteiger partial charge in [-0.15, -0.1) is 11.3 Å². The molecule has 23 heavy (non-hydrogen) atoms. The summed E-state index contributed by atoms with van der Waals surface area (Å²) in [6.07, 6.45) is 1.79. The number of nitrogens with one attached hydrogen (secondary N) is 1. The Labute approximate surface area is 136 Å². The molecule has 1 aromatic carbocycles. The summed E-state index contributed by atoms with van der Waals surface area (Å²) in [5, 5.41) is 8.43. The van der Waals surface area contributed by atoms with Crippen molar-refractivity contribution in [3.8, 4) is 21.1 Å². The highest BCUT2D eigenvalue weighted by molar-refractivity contribution is 7.19. The fraction of sp³-hybridized carbons (Fsp3) is 0.0556. The lowest BCUT2D eigenvalue weighted by molar-refractivity contribution is 1.02. The quantitative estimate of drug-likeness (QED) is 0.607. The van der Waals surface area contributed by atoms with Crippen LogP contribution in [0, 0.1) is 6.92 Å². The van der Waals surface area contributed by atoms with E-state index in [4.69, 9.17) is 0 Å². The van der Waals surface area contributed by atoms with E-state index in [0.717, 1.165) is 32.1 Å². The van der Waals surface area contributed by atoms with Crippen molar-refractivity contribution in [3.63, 3.8) is 0 Å². The van der Waals surface area contributed by atoms with Crippen LogP contribution in [0.25, 0.3) is 31.9 Å².